The van der Waals surface area contributed by atoms with Crippen LogP contribution in [0, 0.1) is 6.92 Å². The van der Waals surface area contributed by atoms with E-state index < -0.39 is 17.9 Å². The molecule has 0 aliphatic carbocycles. The third kappa shape index (κ3) is 3.81. The van der Waals surface area contributed by atoms with Crippen molar-refractivity contribution in [3.05, 3.63) is 64.2 Å². The Morgan fingerprint density at radius 1 is 1.22 bits per heavy atom. The molecule has 0 unspecified atom stereocenters. The van der Waals surface area contributed by atoms with Gasteiger partial charge in [0.1, 0.15) is 0 Å². The number of hydrogen-bond donors (Lipinski definition) is 2. The average Bonchev–Trinajstić information content (AvgIpc) is 2.52. The molecule has 2 rings (SSSR count). The summed E-state index contributed by atoms with van der Waals surface area (Å²) in [7, 11) is 1.31. The van der Waals surface area contributed by atoms with Gasteiger partial charge in [-0.15, -0.1) is 0 Å². The predicted molar refractivity (Wildman–Crippen MR) is 89.5 cm³/mol. The van der Waals surface area contributed by atoms with Gasteiger partial charge in [0.05, 0.1) is 7.11 Å². The standard InChI is InChI=1S/C17H17ClN2O3/c1-10-9-11(7-8-12(10)16(19)21)20-15(17(22)23-2)13-5-3-4-6-14(13)18/h3-9,15,20H,1-2H3,(H2,19,21)/t15-/m0/s1. The number of amides is 1. The lowest BCUT2D eigenvalue weighted by molar-refractivity contribution is -0.141. The fourth-order valence-corrected chi connectivity index (χ4v) is 2.53. The predicted octanol–water partition coefficient (Wildman–Crippen LogP) is 3.07. The van der Waals surface area contributed by atoms with Crippen LogP contribution in [0.15, 0.2) is 42.5 Å². The van der Waals surface area contributed by atoms with Crippen LogP contribution in [0.25, 0.3) is 0 Å². The van der Waals surface area contributed by atoms with E-state index in [1.807, 2.05) is 0 Å². The summed E-state index contributed by atoms with van der Waals surface area (Å²) in [5.41, 5.74) is 7.71. The molecule has 0 heterocycles. The highest BCUT2D eigenvalue weighted by atomic mass is 35.5. The summed E-state index contributed by atoms with van der Waals surface area (Å²) >= 11 is 6.18. The van der Waals surface area contributed by atoms with E-state index in [0.717, 1.165) is 0 Å². The van der Waals surface area contributed by atoms with Gasteiger partial charge in [-0.1, -0.05) is 29.8 Å². The Kier molecular flexibility index (Phi) is 5.24. The van der Waals surface area contributed by atoms with Gasteiger partial charge in [-0.3, -0.25) is 4.79 Å². The van der Waals surface area contributed by atoms with Gasteiger partial charge in [-0.25, -0.2) is 4.79 Å². The van der Waals surface area contributed by atoms with Crippen molar-refractivity contribution in [3.8, 4) is 0 Å². The number of nitrogens with two attached hydrogens (primary N) is 1. The van der Waals surface area contributed by atoms with E-state index in [0.29, 0.717) is 27.4 Å². The van der Waals surface area contributed by atoms with Gasteiger partial charge in [0.15, 0.2) is 6.04 Å². The Morgan fingerprint density at radius 3 is 2.48 bits per heavy atom. The third-order valence-electron chi connectivity index (χ3n) is 3.46. The second-order valence-corrected chi connectivity index (χ2v) is 5.42. The molecule has 2 aromatic carbocycles. The van der Waals surface area contributed by atoms with Crippen molar-refractivity contribution < 1.29 is 14.3 Å². The van der Waals surface area contributed by atoms with Crippen LogP contribution in [0.4, 0.5) is 5.69 Å². The maximum atomic E-state index is 12.1. The lowest BCUT2D eigenvalue weighted by Gasteiger charge is -2.19. The lowest BCUT2D eigenvalue weighted by atomic mass is 10.0. The number of primary amides is 1. The van der Waals surface area contributed by atoms with Gasteiger partial charge in [0.25, 0.3) is 0 Å². The van der Waals surface area contributed by atoms with Gasteiger partial charge in [-0.05, 0) is 36.8 Å². The summed E-state index contributed by atoms with van der Waals surface area (Å²) in [5.74, 6) is -0.959. The molecule has 0 saturated heterocycles. The molecule has 0 saturated carbocycles. The van der Waals surface area contributed by atoms with Crippen LogP contribution in [0.2, 0.25) is 5.02 Å². The zero-order valence-corrected chi connectivity index (χ0v) is 13.6. The normalized spacial score (nSPS) is 11.6. The van der Waals surface area contributed by atoms with Gasteiger partial charge < -0.3 is 15.8 Å². The number of nitrogens with one attached hydrogen (secondary N) is 1. The van der Waals surface area contributed by atoms with Crippen LogP contribution in [0.3, 0.4) is 0 Å². The number of anilines is 1. The number of esters is 1. The number of ether oxygens (including phenoxy) is 1. The summed E-state index contributed by atoms with van der Waals surface area (Å²) < 4.78 is 4.85. The van der Waals surface area contributed by atoms with Crippen molar-refractivity contribution in [1.29, 1.82) is 0 Å². The second kappa shape index (κ2) is 7.15. The first-order valence-electron chi connectivity index (χ1n) is 6.93. The molecule has 0 aromatic heterocycles. The minimum absolute atomic E-state index is 0.433. The quantitative estimate of drug-likeness (QED) is 0.824. The molecule has 3 N–H and O–H groups in total. The molecule has 1 atom stereocenters. The molecule has 1 amide bonds. The van der Waals surface area contributed by atoms with E-state index in [2.05, 4.69) is 5.32 Å². The van der Waals surface area contributed by atoms with Crippen molar-refractivity contribution in [2.75, 3.05) is 12.4 Å². The number of benzene rings is 2. The number of aryl methyl sites for hydroxylation is 1. The van der Waals surface area contributed by atoms with Crippen molar-refractivity contribution in [2.45, 2.75) is 13.0 Å². The topological polar surface area (TPSA) is 81.4 Å². The Morgan fingerprint density at radius 2 is 1.91 bits per heavy atom. The third-order valence-corrected chi connectivity index (χ3v) is 3.80. The van der Waals surface area contributed by atoms with E-state index in [4.69, 9.17) is 22.1 Å². The number of methoxy groups -OCH3 is 1. The van der Waals surface area contributed by atoms with Crippen LogP contribution in [-0.2, 0) is 9.53 Å². The monoisotopic (exact) mass is 332 g/mol. The zero-order chi connectivity index (χ0) is 17.0. The van der Waals surface area contributed by atoms with Crippen LogP contribution < -0.4 is 11.1 Å². The summed E-state index contributed by atoms with van der Waals surface area (Å²) in [6.45, 7) is 1.77. The molecule has 23 heavy (non-hydrogen) atoms. The summed E-state index contributed by atoms with van der Waals surface area (Å²) in [5, 5.41) is 3.54. The molecular weight excluding hydrogens is 316 g/mol. The van der Waals surface area contributed by atoms with Gasteiger partial charge in [0.2, 0.25) is 5.91 Å². The lowest BCUT2D eigenvalue weighted by Crippen LogP contribution is -2.23. The minimum atomic E-state index is -0.757. The van der Waals surface area contributed by atoms with Crippen LogP contribution in [0.5, 0.6) is 0 Å². The van der Waals surface area contributed by atoms with E-state index >= 15 is 0 Å². The van der Waals surface area contributed by atoms with Crippen molar-refractivity contribution in [3.63, 3.8) is 0 Å². The highest BCUT2D eigenvalue weighted by Crippen LogP contribution is 2.28. The summed E-state index contributed by atoms with van der Waals surface area (Å²) in [4.78, 5) is 23.4. The van der Waals surface area contributed by atoms with Crippen molar-refractivity contribution in [2.24, 2.45) is 5.73 Å². The molecule has 0 spiro atoms. The molecule has 0 aliphatic heterocycles. The molecule has 2 aromatic rings. The fraction of sp³-hybridized carbons (Fsp3) is 0.176. The first-order valence-corrected chi connectivity index (χ1v) is 7.31. The SMILES string of the molecule is COC(=O)[C@@H](Nc1ccc(C(N)=O)c(C)c1)c1ccccc1Cl. The fourth-order valence-electron chi connectivity index (χ4n) is 2.29. The highest BCUT2D eigenvalue weighted by molar-refractivity contribution is 6.31. The molecule has 5 nitrogen and oxygen atoms in total. The van der Waals surface area contributed by atoms with Crippen LogP contribution in [-0.4, -0.2) is 19.0 Å². The number of carbonyl (C=O) groups excluding carboxylic acids is 2. The molecular formula is C17H17ClN2O3. The smallest absolute Gasteiger partial charge is 0.333 e. The number of carbonyl (C=O) groups is 2. The zero-order valence-electron chi connectivity index (χ0n) is 12.8. The van der Waals surface area contributed by atoms with Crippen LogP contribution >= 0.6 is 11.6 Å². The van der Waals surface area contributed by atoms with E-state index in [-0.39, 0.29) is 0 Å². The molecule has 0 fully saturated rings. The van der Waals surface area contributed by atoms with Gasteiger partial charge in [-0.2, -0.15) is 0 Å². The number of hydrogen-bond acceptors (Lipinski definition) is 4. The van der Waals surface area contributed by atoms with E-state index in [1.165, 1.54) is 7.11 Å². The minimum Gasteiger partial charge on any atom is -0.467 e. The molecule has 6 heteroatoms. The number of halogens is 1. The Hall–Kier alpha value is -2.53. The Balaban J connectivity index is 2.36. The van der Waals surface area contributed by atoms with Gasteiger partial charge >= 0.3 is 5.97 Å². The second-order valence-electron chi connectivity index (χ2n) is 5.02. The highest BCUT2D eigenvalue weighted by Gasteiger charge is 2.23. The maximum Gasteiger partial charge on any atom is 0.333 e. The molecule has 0 bridgehead atoms. The average molecular weight is 333 g/mol. The number of rotatable bonds is 5. The maximum absolute atomic E-state index is 12.1. The van der Waals surface area contributed by atoms with Crippen molar-refractivity contribution >= 4 is 29.2 Å². The van der Waals surface area contributed by atoms with Crippen LogP contribution in [0.1, 0.15) is 27.5 Å². The van der Waals surface area contributed by atoms with E-state index in [9.17, 15) is 9.59 Å². The Bertz CT molecular complexity index is 746. The van der Waals surface area contributed by atoms with Gasteiger partial charge in [0, 0.05) is 21.8 Å². The first-order chi connectivity index (χ1) is 10.9. The molecule has 0 aliphatic rings. The van der Waals surface area contributed by atoms with E-state index in [1.54, 1.807) is 49.4 Å². The molecule has 120 valence electrons. The van der Waals surface area contributed by atoms with Crippen molar-refractivity contribution in [1.82, 2.24) is 0 Å². The largest absolute Gasteiger partial charge is 0.467 e. The first kappa shape index (κ1) is 16.8. The summed E-state index contributed by atoms with van der Waals surface area (Å²) in [6, 6.07) is 11.3. The molecule has 0 radical (unpaired) electrons. The summed E-state index contributed by atoms with van der Waals surface area (Å²) in [6.07, 6.45) is 0. The Labute approximate surface area is 139 Å².